The van der Waals surface area contributed by atoms with Crippen LogP contribution in [0.5, 0.6) is 0 Å². The smallest absolute Gasteiger partial charge is 0.339 e. The molecule has 0 aliphatic heterocycles. The lowest BCUT2D eigenvalue weighted by atomic mass is 10.1. The van der Waals surface area contributed by atoms with Gasteiger partial charge in [-0.2, -0.15) is 0 Å². The zero-order chi connectivity index (χ0) is 21.3. The number of hydrogen-bond acceptors (Lipinski definition) is 6. The number of ether oxygens (including phenoxy) is 1. The van der Waals surface area contributed by atoms with Gasteiger partial charge in [-0.3, -0.25) is 0 Å². The van der Waals surface area contributed by atoms with Gasteiger partial charge in [0.25, 0.3) is 0 Å². The highest BCUT2D eigenvalue weighted by molar-refractivity contribution is 7.14. The van der Waals surface area contributed by atoms with Crippen molar-refractivity contribution in [1.82, 2.24) is 5.32 Å². The topological polar surface area (TPSA) is 70.6 Å². The van der Waals surface area contributed by atoms with E-state index in [2.05, 4.69) is 10.6 Å². The minimum absolute atomic E-state index is 0.318. The van der Waals surface area contributed by atoms with Gasteiger partial charge in [0.05, 0.1) is 18.8 Å². The second kappa shape index (κ2) is 11.1. The predicted octanol–water partition coefficient (Wildman–Crippen LogP) is 4.98. The lowest BCUT2D eigenvalue weighted by Gasteiger charge is -2.13. The average molecular weight is 445 g/mol. The van der Waals surface area contributed by atoms with Gasteiger partial charge in [0.1, 0.15) is 0 Å². The monoisotopic (exact) mass is 444 g/mol. The summed E-state index contributed by atoms with van der Waals surface area (Å²) in [6.07, 6.45) is 0.345. The SMILES string of the molecule is COC(=O)c1ccsc1-c1ccc(NCCCNC[C@@H](O)c2cccc(Cl)c2)cc1. The van der Waals surface area contributed by atoms with E-state index in [-0.39, 0.29) is 5.97 Å². The number of carbonyl (C=O) groups is 1. The lowest BCUT2D eigenvalue weighted by molar-refractivity contribution is 0.0602. The fourth-order valence-electron chi connectivity index (χ4n) is 3.06. The van der Waals surface area contributed by atoms with E-state index in [4.69, 9.17) is 16.3 Å². The van der Waals surface area contributed by atoms with E-state index in [0.717, 1.165) is 41.2 Å². The van der Waals surface area contributed by atoms with E-state index in [9.17, 15) is 9.90 Å². The van der Waals surface area contributed by atoms with Gasteiger partial charge in [-0.1, -0.05) is 35.9 Å². The normalized spacial score (nSPS) is 11.8. The molecule has 0 unspecified atom stereocenters. The number of thiophene rings is 1. The molecule has 3 rings (SSSR count). The molecule has 0 amide bonds. The molecule has 30 heavy (non-hydrogen) atoms. The van der Waals surface area contributed by atoms with Crippen molar-refractivity contribution >= 4 is 34.6 Å². The minimum Gasteiger partial charge on any atom is -0.465 e. The summed E-state index contributed by atoms with van der Waals surface area (Å²) in [6.45, 7) is 2.09. The van der Waals surface area contributed by atoms with Gasteiger partial charge >= 0.3 is 5.97 Å². The summed E-state index contributed by atoms with van der Waals surface area (Å²) in [5.41, 5.74) is 3.42. The van der Waals surface area contributed by atoms with Gasteiger partial charge < -0.3 is 20.5 Å². The molecule has 158 valence electrons. The third-order valence-corrected chi connectivity index (χ3v) is 5.85. The third kappa shape index (κ3) is 6.06. The Kier molecular flexibility index (Phi) is 8.28. The number of methoxy groups -OCH3 is 1. The number of benzene rings is 2. The number of esters is 1. The van der Waals surface area contributed by atoms with Crippen molar-refractivity contribution in [1.29, 1.82) is 0 Å². The molecule has 7 heteroatoms. The Morgan fingerprint density at radius 3 is 2.70 bits per heavy atom. The Balaban J connectivity index is 1.40. The Morgan fingerprint density at radius 2 is 1.97 bits per heavy atom. The van der Waals surface area contributed by atoms with Crippen molar-refractivity contribution in [2.24, 2.45) is 0 Å². The first-order valence-electron chi connectivity index (χ1n) is 9.73. The molecule has 5 nitrogen and oxygen atoms in total. The zero-order valence-corrected chi connectivity index (χ0v) is 18.3. The van der Waals surface area contributed by atoms with Crippen LogP contribution < -0.4 is 10.6 Å². The van der Waals surface area contributed by atoms with Crippen LogP contribution in [0.15, 0.2) is 60.0 Å². The molecule has 0 aliphatic rings. The van der Waals surface area contributed by atoms with Gasteiger partial charge in [0.15, 0.2) is 0 Å². The standard InChI is InChI=1S/C23H25ClN2O3S/c1-29-23(28)20-10-13-30-22(20)16-6-8-19(9-7-16)26-12-3-11-25-15-21(27)17-4-2-5-18(24)14-17/h2,4-10,13-14,21,25-27H,3,11-12,15H2,1H3/t21-/m1/s1. The quantitative estimate of drug-likeness (QED) is 0.304. The molecule has 1 atom stereocenters. The summed E-state index contributed by atoms with van der Waals surface area (Å²) in [6, 6.07) is 17.1. The number of aliphatic hydroxyl groups excluding tert-OH is 1. The number of carbonyl (C=O) groups excluding carboxylic acids is 1. The highest BCUT2D eigenvalue weighted by Gasteiger charge is 2.14. The summed E-state index contributed by atoms with van der Waals surface area (Å²) in [5, 5.41) is 19.4. The molecule has 0 radical (unpaired) electrons. The van der Waals surface area contributed by atoms with Crippen LogP contribution in [0.1, 0.15) is 28.4 Å². The number of nitrogens with one attached hydrogen (secondary N) is 2. The molecule has 0 aliphatic carbocycles. The molecule has 0 spiro atoms. The first kappa shape index (κ1) is 22.3. The number of halogens is 1. The predicted molar refractivity (Wildman–Crippen MR) is 123 cm³/mol. The number of aliphatic hydroxyl groups is 1. The van der Waals surface area contributed by atoms with E-state index < -0.39 is 6.10 Å². The van der Waals surface area contributed by atoms with E-state index in [1.807, 2.05) is 41.8 Å². The largest absolute Gasteiger partial charge is 0.465 e. The maximum absolute atomic E-state index is 11.8. The zero-order valence-electron chi connectivity index (χ0n) is 16.7. The molecular weight excluding hydrogens is 420 g/mol. The second-order valence-corrected chi connectivity index (χ2v) is 8.14. The molecule has 1 heterocycles. The van der Waals surface area contributed by atoms with E-state index in [1.165, 1.54) is 18.4 Å². The summed E-state index contributed by atoms with van der Waals surface area (Å²) in [4.78, 5) is 12.8. The van der Waals surface area contributed by atoms with E-state index in [1.54, 1.807) is 18.2 Å². The van der Waals surface area contributed by atoms with Gasteiger partial charge in [0.2, 0.25) is 0 Å². The minimum atomic E-state index is -0.573. The van der Waals surface area contributed by atoms with Gasteiger partial charge in [-0.25, -0.2) is 4.79 Å². The van der Waals surface area contributed by atoms with Crippen LogP contribution in [0.2, 0.25) is 5.02 Å². The number of hydrogen-bond donors (Lipinski definition) is 3. The first-order chi connectivity index (χ1) is 14.6. The first-order valence-corrected chi connectivity index (χ1v) is 11.0. The van der Waals surface area contributed by atoms with Crippen LogP contribution in [0.3, 0.4) is 0 Å². The molecule has 3 aromatic rings. The Morgan fingerprint density at radius 1 is 1.17 bits per heavy atom. The van der Waals surface area contributed by atoms with Crippen molar-refractivity contribution in [3.05, 3.63) is 76.1 Å². The number of anilines is 1. The van der Waals surface area contributed by atoms with Crippen molar-refractivity contribution < 1.29 is 14.6 Å². The van der Waals surface area contributed by atoms with Gasteiger partial charge in [-0.15, -0.1) is 11.3 Å². The van der Waals surface area contributed by atoms with Gasteiger partial charge in [0, 0.05) is 28.7 Å². The van der Waals surface area contributed by atoms with E-state index in [0.29, 0.717) is 17.1 Å². The summed E-state index contributed by atoms with van der Waals surface area (Å²) in [5.74, 6) is -0.318. The van der Waals surface area contributed by atoms with Crippen LogP contribution in [0.25, 0.3) is 10.4 Å². The highest BCUT2D eigenvalue weighted by Crippen LogP contribution is 2.31. The summed E-state index contributed by atoms with van der Waals surface area (Å²) < 4.78 is 4.84. The van der Waals surface area contributed by atoms with Crippen LogP contribution >= 0.6 is 22.9 Å². The van der Waals surface area contributed by atoms with Crippen LogP contribution in [0.4, 0.5) is 5.69 Å². The van der Waals surface area contributed by atoms with Gasteiger partial charge in [-0.05, 0) is 59.8 Å². The fourth-order valence-corrected chi connectivity index (χ4v) is 4.15. The summed E-state index contributed by atoms with van der Waals surface area (Å²) >= 11 is 7.48. The molecule has 0 saturated heterocycles. The Bertz CT molecular complexity index is 959. The van der Waals surface area contributed by atoms with Crippen LogP contribution in [-0.2, 0) is 4.74 Å². The van der Waals surface area contributed by atoms with E-state index >= 15 is 0 Å². The van der Waals surface area contributed by atoms with Crippen LogP contribution in [0, 0.1) is 0 Å². The number of rotatable bonds is 10. The van der Waals surface area contributed by atoms with Crippen molar-refractivity contribution in [2.45, 2.75) is 12.5 Å². The average Bonchev–Trinajstić information content (AvgIpc) is 3.26. The fraction of sp³-hybridized carbons (Fsp3) is 0.261. The molecule has 1 aromatic heterocycles. The molecule has 0 bridgehead atoms. The molecule has 3 N–H and O–H groups in total. The molecular formula is C23H25ClN2O3S. The second-order valence-electron chi connectivity index (χ2n) is 6.79. The molecule has 2 aromatic carbocycles. The van der Waals surface area contributed by atoms with Crippen molar-refractivity contribution in [3.63, 3.8) is 0 Å². The molecule has 0 fully saturated rings. The lowest BCUT2D eigenvalue weighted by Crippen LogP contribution is -2.24. The van der Waals surface area contributed by atoms with Crippen molar-refractivity contribution in [3.8, 4) is 10.4 Å². The summed E-state index contributed by atoms with van der Waals surface area (Å²) in [7, 11) is 1.39. The maximum Gasteiger partial charge on any atom is 0.339 e. The van der Waals surface area contributed by atoms with Crippen molar-refractivity contribution in [2.75, 3.05) is 32.1 Å². The highest BCUT2D eigenvalue weighted by atomic mass is 35.5. The maximum atomic E-state index is 11.8. The van der Waals surface area contributed by atoms with Crippen LogP contribution in [-0.4, -0.2) is 37.8 Å². The Labute approximate surface area is 185 Å². The Hall–Kier alpha value is -2.38. The molecule has 0 saturated carbocycles. The third-order valence-electron chi connectivity index (χ3n) is 4.65.